The smallest absolute Gasteiger partial charge is 0.269 e. The summed E-state index contributed by atoms with van der Waals surface area (Å²) in [6.07, 6.45) is 1.53. The summed E-state index contributed by atoms with van der Waals surface area (Å²) < 4.78 is 4.81. The summed E-state index contributed by atoms with van der Waals surface area (Å²) in [5, 5.41) is 11.5. The molecule has 1 radical (unpaired) electrons. The monoisotopic (exact) mass is 229 g/mol. The van der Waals surface area contributed by atoms with Crippen LogP contribution in [0.1, 0.15) is 0 Å². The Bertz CT molecular complexity index is 476. The van der Waals surface area contributed by atoms with E-state index < -0.39 is 0 Å². The standard InChI is InChI=1S/C12H13N4O/c1-3-16(2)11-6-4-10(5-7-11)14-15-12-8-9-13-17-12/h4-9H,1,3H2,2H3/b15-14+. The third-order valence-electron chi connectivity index (χ3n) is 2.31. The molecule has 87 valence electrons. The average Bonchev–Trinajstić information content (AvgIpc) is 2.89. The van der Waals surface area contributed by atoms with Crippen LogP contribution in [0.4, 0.5) is 17.3 Å². The lowest BCUT2D eigenvalue weighted by molar-refractivity contribution is 0.427. The predicted octanol–water partition coefficient (Wildman–Crippen LogP) is 3.36. The molecule has 0 aliphatic carbocycles. The Morgan fingerprint density at radius 3 is 2.59 bits per heavy atom. The number of aromatic nitrogens is 1. The van der Waals surface area contributed by atoms with Gasteiger partial charge in [-0.2, -0.15) is 0 Å². The maximum absolute atomic E-state index is 4.81. The summed E-state index contributed by atoms with van der Waals surface area (Å²) in [4.78, 5) is 2.04. The van der Waals surface area contributed by atoms with E-state index in [0.29, 0.717) is 5.88 Å². The highest BCUT2D eigenvalue weighted by Crippen LogP contribution is 2.21. The minimum atomic E-state index is 0.393. The van der Waals surface area contributed by atoms with Crippen molar-refractivity contribution < 1.29 is 4.52 Å². The Hall–Kier alpha value is -2.17. The van der Waals surface area contributed by atoms with Crippen LogP contribution in [0.15, 0.2) is 51.3 Å². The van der Waals surface area contributed by atoms with Crippen molar-refractivity contribution in [1.29, 1.82) is 0 Å². The molecule has 1 aromatic carbocycles. The lowest BCUT2D eigenvalue weighted by atomic mass is 10.2. The summed E-state index contributed by atoms with van der Waals surface area (Å²) in [7, 11) is 1.98. The summed E-state index contributed by atoms with van der Waals surface area (Å²) in [5.74, 6) is 0.393. The van der Waals surface area contributed by atoms with Gasteiger partial charge in [0, 0.05) is 25.3 Å². The van der Waals surface area contributed by atoms with E-state index in [2.05, 4.69) is 22.3 Å². The quantitative estimate of drug-likeness (QED) is 0.755. The van der Waals surface area contributed by atoms with Crippen molar-refractivity contribution in [3.05, 3.63) is 43.5 Å². The molecule has 0 saturated heterocycles. The van der Waals surface area contributed by atoms with E-state index in [0.717, 1.165) is 17.9 Å². The fourth-order valence-corrected chi connectivity index (χ4v) is 1.27. The molecule has 1 heterocycles. The molecule has 0 spiro atoms. The largest absolute Gasteiger partial charge is 0.375 e. The molecule has 2 rings (SSSR count). The first-order chi connectivity index (χ1) is 8.29. The molecule has 0 amide bonds. The van der Waals surface area contributed by atoms with Gasteiger partial charge in [-0.25, -0.2) is 0 Å². The first-order valence-electron chi connectivity index (χ1n) is 5.22. The molecule has 0 unspecified atom stereocenters. The minimum absolute atomic E-state index is 0.393. The minimum Gasteiger partial charge on any atom is -0.375 e. The van der Waals surface area contributed by atoms with Gasteiger partial charge in [-0.15, -0.1) is 10.2 Å². The highest BCUT2D eigenvalue weighted by atomic mass is 16.5. The number of hydrogen-bond donors (Lipinski definition) is 0. The first-order valence-corrected chi connectivity index (χ1v) is 5.22. The van der Waals surface area contributed by atoms with Crippen LogP contribution in [-0.4, -0.2) is 18.7 Å². The van der Waals surface area contributed by atoms with Gasteiger partial charge in [0.05, 0.1) is 11.9 Å². The van der Waals surface area contributed by atoms with Crippen LogP contribution in [0, 0.1) is 6.92 Å². The van der Waals surface area contributed by atoms with Crippen molar-refractivity contribution in [3.8, 4) is 0 Å². The molecule has 0 atom stereocenters. The van der Waals surface area contributed by atoms with Crippen LogP contribution in [0.25, 0.3) is 0 Å². The summed E-state index contributed by atoms with van der Waals surface area (Å²) in [6, 6.07) is 9.37. The Labute approximate surface area is 99.8 Å². The fourth-order valence-electron chi connectivity index (χ4n) is 1.27. The molecule has 5 heteroatoms. The topological polar surface area (TPSA) is 54.0 Å². The molecule has 0 aliphatic heterocycles. The zero-order valence-corrected chi connectivity index (χ0v) is 9.58. The zero-order chi connectivity index (χ0) is 12.1. The number of azo groups is 1. The predicted molar refractivity (Wildman–Crippen MR) is 65.7 cm³/mol. The Morgan fingerprint density at radius 1 is 1.24 bits per heavy atom. The number of hydrogen-bond acceptors (Lipinski definition) is 5. The second-order valence-corrected chi connectivity index (χ2v) is 3.49. The van der Waals surface area contributed by atoms with Gasteiger partial charge in [0.1, 0.15) is 0 Å². The van der Waals surface area contributed by atoms with Gasteiger partial charge in [0.15, 0.2) is 0 Å². The first kappa shape index (κ1) is 11.3. The Morgan fingerprint density at radius 2 is 2.00 bits per heavy atom. The molecular weight excluding hydrogens is 216 g/mol. The molecule has 0 bridgehead atoms. The Balaban J connectivity index is 2.08. The van der Waals surface area contributed by atoms with Crippen LogP contribution in [0.3, 0.4) is 0 Å². The van der Waals surface area contributed by atoms with Gasteiger partial charge in [-0.05, 0) is 31.2 Å². The summed E-state index contributed by atoms with van der Waals surface area (Å²) in [5.41, 5.74) is 1.86. The van der Waals surface area contributed by atoms with Crippen LogP contribution in [0.5, 0.6) is 0 Å². The Kier molecular flexibility index (Phi) is 3.49. The second-order valence-electron chi connectivity index (χ2n) is 3.49. The van der Waals surface area contributed by atoms with Crippen molar-refractivity contribution in [1.82, 2.24) is 5.16 Å². The van der Waals surface area contributed by atoms with Gasteiger partial charge in [0.25, 0.3) is 5.88 Å². The highest BCUT2D eigenvalue weighted by Gasteiger charge is 1.98. The number of benzene rings is 1. The molecule has 17 heavy (non-hydrogen) atoms. The molecule has 0 saturated carbocycles. The summed E-state index contributed by atoms with van der Waals surface area (Å²) >= 11 is 0. The SMILES string of the molecule is [CH2]CN(C)c1ccc(/N=N/c2ccno2)cc1. The molecular formula is C12H13N4O. The van der Waals surface area contributed by atoms with Crippen LogP contribution in [0.2, 0.25) is 0 Å². The highest BCUT2D eigenvalue weighted by molar-refractivity contribution is 5.52. The van der Waals surface area contributed by atoms with Crippen LogP contribution >= 0.6 is 0 Å². The molecule has 0 aliphatic rings. The van der Waals surface area contributed by atoms with Crippen molar-refractivity contribution in [2.24, 2.45) is 10.2 Å². The van der Waals surface area contributed by atoms with E-state index in [1.165, 1.54) is 6.20 Å². The maximum Gasteiger partial charge on any atom is 0.269 e. The van der Waals surface area contributed by atoms with Gasteiger partial charge in [-0.3, -0.25) is 0 Å². The number of rotatable bonds is 4. The van der Waals surface area contributed by atoms with E-state index in [-0.39, 0.29) is 0 Å². The van der Waals surface area contributed by atoms with Crippen molar-refractivity contribution >= 4 is 17.3 Å². The van der Waals surface area contributed by atoms with E-state index >= 15 is 0 Å². The van der Waals surface area contributed by atoms with E-state index in [1.54, 1.807) is 6.07 Å². The van der Waals surface area contributed by atoms with Crippen molar-refractivity contribution in [2.45, 2.75) is 0 Å². The van der Waals surface area contributed by atoms with E-state index in [4.69, 9.17) is 4.52 Å². The number of nitrogens with zero attached hydrogens (tertiary/aromatic N) is 4. The molecule has 1 aromatic heterocycles. The van der Waals surface area contributed by atoms with Gasteiger partial charge in [-0.1, -0.05) is 5.16 Å². The molecule has 5 nitrogen and oxygen atoms in total. The van der Waals surface area contributed by atoms with Crippen molar-refractivity contribution in [3.63, 3.8) is 0 Å². The molecule has 0 fully saturated rings. The number of anilines is 1. The lowest BCUT2D eigenvalue weighted by Crippen LogP contribution is -2.15. The fraction of sp³-hybridized carbons (Fsp3) is 0.167. The van der Waals surface area contributed by atoms with E-state index in [1.807, 2.05) is 36.2 Å². The maximum atomic E-state index is 4.81. The third-order valence-corrected chi connectivity index (χ3v) is 2.31. The van der Waals surface area contributed by atoms with Gasteiger partial charge < -0.3 is 9.42 Å². The van der Waals surface area contributed by atoms with Crippen molar-refractivity contribution in [2.75, 3.05) is 18.5 Å². The second kappa shape index (κ2) is 5.25. The van der Waals surface area contributed by atoms with E-state index in [9.17, 15) is 0 Å². The lowest BCUT2D eigenvalue weighted by Gasteiger charge is -2.16. The molecule has 0 N–H and O–H groups in total. The van der Waals surface area contributed by atoms with Crippen LogP contribution < -0.4 is 4.90 Å². The summed E-state index contributed by atoms with van der Waals surface area (Å²) in [6.45, 7) is 4.54. The van der Waals surface area contributed by atoms with Gasteiger partial charge in [0.2, 0.25) is 0 Å². The van der Waals surface area contributed by atoms with Crippen LogP contribution in [-0.2, 0) is 0 Å². The average molecular weight is 229 g/mol. The normalized spacial score (nSPS) is 10.9. The molecule has 2 aromatic rings. The zero-order valence-electron chi connectivity index (χ0n) is 9.58. The van der Waals surface area contributed by atoms with Gasteiger partial charge >= 0.3 is 0 Å². The third kappa shape index (κ3) is 2.90.